The van der Waals surface area contributed by atoms with Gasteiger partial charge in [-0.3, -0.25) is 9.78 Å². The summed E-state index contributed by atoms with van der Waals surface area (Å²) in [5, 5.41) is 11.1. The molecule has 144 valence electrons. The maximum Gasteiger partial charge on any atom is 0.315 e. The van der Waals surface area contributed by atoms with Crippen LogP contribution in [-0.4, -0.2) is 34.5 Å². The molecule has 7 nitrogen and oxygen atoms in total. The Hall–Kier alpha value is -2.48. The first-order valence-electron chi connectivity index (χ1n) is 9.41. The number of nitrogens with one attached hydrogen (secondary N) is 3. The minimum atomic E-state index is -0.136. The van der Waals surface area contributed by atoms with Crippen LogP contribution in [0.4, 0.5) is 9.93 Å². The summed E-state index contributed by atoms with van der Waals surface area (Å²) < 4.78 is 0. The number of aromatic nitrogens is 2. The van der Waals surface area contributed by atoms with Crippen molar-refractivity contribution in [1.29, 1.82) is 0 Å². The highest BCUT2D eigenvalue weighted by Gasteiger charge is 2.15. The van der Waals surface area contributed by atoms with Crippen LogP contribution in [0.15, 0.2) is 29.9 Å². The van der Waals surface area contributed by atoms with Crippen molar-refractivity contribution in [3.63, 3.8) is 0 Å². The number of pyridine rings is 1. The van der Waals surface area contributed by atoms with Gasteiger partial charge < -0.3 is 16.0 Å². The molecule has 3 rings (SSSR count). The highest BCUT2D eigenvalue weighted by molar-refractivity contribution is 7.14. The molecule has 3 amide bonds. The molecule has 1 aliphatic rings. The maximum atomic E-state index is 12.0. The number of rotatable bonds is 7. The van der Waals surface area contributed by atoms with Gasteiger partial charge in [-0.25, -0.2) is 9.78 Å². The lowest BCUT2D eigenvalue weighted by atomic mass is 9.96. The summed E-state index contributed by atoms with van der Waals surface area (Å²) >= 11 is 1.39. The van der Waals surface area contributed by atoms with Gasteiger partial charge in [0.15, 0.2) is 5.13 Å². The standard InChI is InChI=1S/C19H25N5O2S/c25-17(9-5-11-21-18(26)22-15-7-2-1-3-8-15)24-19-23-16(13-27-19)14-6-4-10-20-12-14/h4,6,10,12-13,15H,1-3,5,7-9,11H2,(H2,21,22,26)(H,23,24,25). The second kappa shape index (κ2) is 10.0. The fraction of sp³-hybridized carbons (Fsp3) is 0.474. The van der Waals surface area contributed by atoms with E-state index in [2.05, 4.69) is 25.9 Å². The second-order valence-corrected chi connectivity index (χ2v) is 7.52. The Balaban J connectivity index is 1.33. The number of carbonyl (C=O) groups excluding carboxylic acids is 2. The fourth-order valence-corrected chi connectivity index (χ4v) is 3.83. The number of carbonyl (C=O) groups is 2. The zero-order valence-corrected chi connectivity index (χ0v) is 16.1. The lowest BCUT2D eigenvalue weighted by molar-refractivity contribution is -0.116. The number of urea groups is 1. The summed E-state index contributed by atoms with van der Waals surface area (Å²) in [6, 6.07) is 3.94. The number of amides is 3. The molecule has 1 fully saturated rings. The van der Waals surface area contributed by atoms with E-state index in [9.17, 15) is 9.59 Å². The first-order valence-corrected chi connectivity index (χ1v) is 10.3. The lowest BCUT2D eigenvalue weighted by Crippen LogP contribution is -2.43. The molecule has 27 heavy (non-hydrogen) atoms. The van der Waals surface area contributed by atoms with Crippen LogP contribution in [0.5, 0.6) is 0 Å². The molecule has 0 bridgehead atoms. The van der Waals surface area contributed by atoms with Gasteiger partial charge in [0, 0.05) is 42.3 Å². The molecule has 1 aliphatic carbocycles. The first kappa shape index (κ1) is 19.3. The molecular formula is C19H25N5O2S. The normalized spacial score (nSPS) is 14.5. The molecular weight excluding hydrogens is 362 g/mol. The molecule has 2 aromatic rings. The van der Waals surface area contributed by atoms with E-state index in [1.165, 1.54) is 30.6 Å². The van der Waals surface area contributed by atoms with Crippen LogP contribution in [-0.2, 0) is 4.79 Å². The molecule has 2 heterocycles. The Morgan fingerprint density at radius 3 is 2.85 bits per heavy atom. The minimum absolute atomic E-state index is 0.100. The van der Waals surface area contributed by atoms with Crippen molar-refractivity contribution in [2.75, 3.05) is 11.9 Å². The monoisotopic (exact) mass is 387 g/mol. The van der Waals surface area contributed by atoms with Gasteiger partial charge in [-0.05, 0) is 31.4 Å². The SMILES string of the molecule is O=C(CCCNC(=O)NC1CCCCC1)Nc1nc(-c2cccnc2)cs1. The van der Waals surface area contributed by atoms with Crippen LogP contribution in [0, 0.1) is 0 Å². The number of thiazole rings is 1. The van der Waals surface area contributed by atoms with E-state index in [1.54, 1.807) is 12.4 Å². The molecule has 2 aromatic heterocycles. The van der Waals surface area contributed by atoms with Gasteiger partial charge in [-0.2, -0.15) is 0 Å². The van der Waals surface area contributed by atoms with Gasteiger partial charge in [0.2, 0.25) is 5.91 Å². The molecule has 8 heteroatoms. The molecule has 0 atom stereocenters. The Bertz CT molecular complexity index is 744. The zero-order chi connectivity index (χ0) is 18.9. The van der Waals surface area contributed by atoms with Crippen molar-refractivity contribution in [3.05, 3.63) is 29.9 Å². The van der Waals surface area contributed by atoms with Crippen molar-refractivity contribution in [1.82, 2.24) is 20.6 Å². The van der Waals surface area contributed by atoms with E-state index in [0.29, 0.717) is 30.6 Å². The summed E-state index contributed by atoms with van der Waals surface area (Å²) in [4.78, 5) is 32.4. The summed E-state index contributed by atoms with van der Waals surface area (Å²) in [7, 11) is 0. The van der Waals surface area contributed by atoms with Gasteiger partial charge in [0.1, 0.15) is 0 Å². The molecule has 0 saturated heterocycles. The molecule has 3 N–H and O–H groups in total. The highest BCUT2D eigenvalue weighted by atomic mass is 32.1. The summed E-state index contributed by atoms with van der Waals surface area (Å²) in [6.07, 6.45) is 10.1. The lowest BCUT2D eigenvalue weighted by Gasteiger charge is -2.22. The van der Waals surface area contributed by atoms with E-state index >= 15 is 0 Å². The van der Waals surface area contributed by atoms with Crippen LogP contribution in [0.1, 0.15) is 44.9 Å². The van der Waals surface area contributed by atoms with Crippen LogP contribution in [0.2, 0.25) is 0 Å². The van der Waals surface area contributed by atoms with E-state index in [-0.39, 0.29) is 11.9 Å². The highest BCUT2D eigenvalue weighted by Crippen LogP contribution is 2.24. The van der Waals surface area contributed by atoms with Gasteiger partial charge in [-0.1, -0.05) is 19.3 Å². The quantitative estimate of drug-likeness (QED) is 0.633. The average Bonchev–Trinajstić information content (AvgIpc) is 3.15. The first-order chi connectivity index (χ1) is 13.2. The van der Waals surface area contributed by atoms with Gasteiger partial charge >= 0.3 is 6.03 Å². The van der Waals surface area contributed by atoms with Gasteiger partial charge in [-0.15, -0.1) is 11.3 Å². The maximum absolute atomic E-state index is 12.0. The van der Waals surface area contributed by atoms with Crippen molar-refractivity contribution >= 4 is 28.4 Å². The van der Waals surface area contributed by atoms with Crippen LogP contribution < -0.4 is 16.0 Å². The number of hydrogen-bond acceptors (Lipinski definition) is 5. The Labute approximate surface area is 163 Å². The predicted octanol–water partition coefficient (Wildman–Crippen LogP) is 3.56. The van der Waals surface area contributed by atoms with E-state index in [0.717, 1.165) is 24.1 Å². The van der Waals surface area contributed by atoms with Crippen LogP contribution in [0.25, 0.3) is 11.3 Å². The topological polar surface area (TPSA) is 96.0 Å². The average molecular weight is 388 g/mol. The molecule has 1 saturated carbocycles. The minimum Gasteiger partial charge on any atom is -0.338 e. The Morgan fingerprint density at radius 2 is 2.07 bits per heavy atom. The summed E-state index contributed by atoms with van der Waals surface area (Å²) in [5.41, 5.74) is 1.71. The number of hydrogen-bond donors (Lipinski definition) is 3. The smallest absolute Gasteiger partial charge is 0.315 e. The van der Waals surface area contributed by atoms with Crippen LogP contribution >= 0.6 is 11.3 Å². The Morgan fingerprint density at radius 1 is 1.22 bits per heavy atom. The van der Waals surface area contributed by atoms with Crippen molar-refractivity contribution < 1.29 is 9.59 Å². The molecule has 0 spiro atoms. The van der Waals surface area contributed by atoms with Crippen molar-refractivity contribution in [2.24, 2.45) is 0 Å². The predicted molar refractivity (Wildman–Crippen MR) is 107 cm³/mol. The molecule has 0 radical (unpaired) electrons. The molecule has 0 aromatic carbocycles. The van der Waals surface area contributed by atoms with Gasteiger partial charge in [0.05, 0.1) is 5.69 Å². The zero-order valence-electron chi connectivity index (χ0n) is 15.2. The largest absolute Gasteiger partial charge is 0.338 e. The summed E-state index contributed by atoms with van der Waals surface area (Å²) in [6.45, 7) is 0.477. The molecule has 0 aliphatic heterocycles. The van der Waals surface area contributed by atoms with E-state index in [4.69, 9.17) is 0 Å². The summed E-state index contributed by atoms with van der Waals surface area (Å²) in [5.74, 6) is -0.100. The number of nitrogens with zero attached hydrogens (tertiary/aromatic N) is 2. The van der Waals surface area contributed by atoms with E-state index in [1.807, 2.05) is 17.5 Å². The van der Waals surface area contributed by atoms with E-state index < -0.39 is 0 Å². The van der Waals surface area contributed by atoms with Crippen LogP contribution in [0.3, 0.4) is 0 Å². The number of anilines is 1. The van der Waals surface area contributed by atoms with Crippen molar-refractivity contribution in [2.45, 2.75) is 51.0 Å². The third-order valence-electron chi connectivity index (χ3n) is 4.51. The van der Waals surface area contributed by atoms with Crippen molar-refractivity contribution in [3.8, 4) is 11.3 Å². The molecule has 0 unspecified atom stereocenters. The third kappa shape index (κ3) is 6.32. The third-order valence-corrected chi connectivity index (χ3v) is 5.27. The Kier molecular flexibility index (Phi) is 7.15. The van der Waals surface area contributed by atoms with Gasteiger partial charge in [0.25, 0.3) is 0 Å². The fourth-order valence-electron chi connectivity index (χ4n) is 3.09. The second-order valence-electron chi connectivity index (χ2n) is 6.67.